The quantitative estimate of drug-likeness (QED) is 0.653. The normalized spacial score (nSPS) is 12.6. The van der Waals surface area contributed by atoms with Crippen molar-refractivity contribution in [3.8, 4) is 5.75 Å². The van der Waals surface area contributed by atoms with Gasteiger partial charge in [0.2, 0.25) is 0 Å². The van der Waals surface area contributed by atoms with Crippen molar-refractivity contribution in [2.75, 3.05) is 0 Å². The van der Waals surface area contributed by atoms with Crippen molar-refractivity contribution >= 4 is 16.7 Å². The van der Waals surface area contributed by atoms with Crippen LogP contribution in [0.2, 0.25) is 0 Å². The van der Waals surface area contributed by atoms with Gasteiger partial charge in [-0.05, 0) is 25.0 Å². The van der Waals surface area contributed by atoms with E-state index in [1.165, 1.54) is 0 Å². The first-order valence-corrected chi connectivity index (χ1v) is 6.39. The van der Waals surface area contributed by atoms with Crippen molar-refractivity contribution in [1.29, 1.82) is 5.41 Å². The van der Waals surface area contributed by atoms with E-state index in [-0.39, 0.29) is 11.9 Å². The van der Waals surface area contributed by atoms with Gasteiger partial charge in [0.05, 0.1) is 17.2 Å². The minimum atomic E-state index is -0.0239. The lowest BCUT2D eigenvalue weighted by Gasteiger charge is -2.21. The van der Waals surface area contributed by atoms with E-state index in [4.69, 9.17) is 15.9 Å². The Kier molecular flexibility index (Phi) is 3.69. The number of nitrogens with zero attached hydrogens (tertiary/aromatic N) is 1. The van der Waals surface area contributed by atoms with Crippen molar-refractivity contribution in [2.24, 2.45) is 11.7 Å². The average molecular weight is 257 g/mol. The summed E-state index contributed by atoms with van der Waals surface area (Å²) in [4.78, 5) is 4.31. The van der Waals surface area contributed by atoms with Crippen LogP contribution in [0.3, 0.4) is 0 Å². The van der Waals surface area contributed by atoms with Gasteiger partial charge in [0.25, 0.3) is 0 Å². The molecule has 0 amide bonds. The summed E-state index contributed by atoms with van der Waals surface area (Å²) in [5.41, 5.74) is 7.01. The fraction of sp³-hybridized carbons (Fsp3) is 0.333. The molecule has 2 aromatic rings. The van der Waals surface area contributed by atoms with E-state index in [1.807, 2.05) is 31.2 Å². The second kappa shape index (κ2) is 5.26. The van der Waals surface area contributed by atoms with Crippen molar-refractivity contribution < 1.29 is 4.74 Å². The van der Waals surface area contributed by atoms with Crippen LogP contribution < -0.4 is 10.5 Å². The zero-order chi connectivity index (χ0) is 14.0. The van der Waals surface area contributed by atoms with E-state index in [0.29, 0.717) is 17.2 Å². The number of hydrogen-bond acceptors (Lipinski definition) is 3. The van der Waals surface area contributed by atoms with Crippen LogP contribution in [0, 0.1) is 11.3 Å². The summed E-state index contributed by atoms with van der Waals surface area (Å²) in [6.07, 6.45) is 1.65. The minimum Gasteiger partial charge on any atom is -0.489 e. The topological polar surface area (TPSA) is 72.0 Å². The fourth-order valence-electron chi connectivity index (χ4n) is 1.76. The van der Waals surface area contributed by atoms with Crippen LogP contribution in [0.25, 0.3) is 10.9 Å². The molecule has 0 saturated carbocycles. The SMILES string of the molecule is CC(C)C(C)Oc1c(C(=N)N)cnc2ccccc12. The average Bonchev–Trinajstić information content (AvgIpc) is 2.38. The molecule has 0 aliphatic rings. The van der Waals surface area contributed by atoms with E-state index in [1.54, 1.807) is 6.20 Å². The number of rotatable bonds is 4. The zero-order valence-corrected chi connectivity index (χ0v) is 11.5. The van der Waals surface area contributed by atoms with Crippen LogP contribution >= 0.6 is 0 Å². The Morgan fingerprint density at radius 2 is 1.95 bits per heavy atom. The van der Waals surface area contributed by atoms with Gasteiger partial charge >= 0.3 is 0 Å². The zero-order valence-electron chi connectivity index (χ0n) is 11.5. The third kappa shape index (κ3) is 2.67. The van der Waals surface area contributed by atoms with Gasteiger partial charge in [0.1, 0.15) is 11.6 Å². The maximum Gasteiger partial charge on any atom is 0.141 e. The number of aromatic nitrogens is 1. The molecule has 1 aromatic heterocycles. The van der Waals surface area contributed by atoms with Gasteiger partial charge in [-0.3, -0.25) is 10.4 Å². The van der Waals surface area contributed by atoms with Gasteiger partial charge in [0, 0.05) is 11.6 Å². The number of nitrogen functional groups attached to an aromatic ring is 1. The van der Waals surface area contributed by atoms with Gasteiger partial charge in [-0.2, -0.15) is 0 Å². The Morgan fingerprint density at radius 3 is 2.58 bits per heavy atom. The first-order valence-electron chi connectivity index (χ1n) is 6.39. The van der Waals surface area contributed by atoms with E-state index < -0.39 is 0 Å². The summed E-state index contributed by atoms with van der Waals surface area (Å²) in [5, 5.41) is 8.55. The molecule has 4 nitrogen and oxygen atoms in total. The number of nitrogens with two attached hydrogens (primary N) is 1. The van der Waals surface area contributed by atoms with Crippen LogP contribution in [-0.2, 0) is 0 Å². The molecule has 3 N–H and O–H groups in total. The van der Waals surface area contributed by atoms with Gasteiger partial charge in [-0.1, -0.05) is 26.0 Å². The molecule has 1 heterocycles. The molecule has 1 aromatic carbocycles. The smallest absolute Gasteiger partial charge is 0.141 e. The molecule has 0 aliphatic carbocycles. The van der Waals surface area contributed by atoms with Gasteiger partial charge in [-0.15, -0.1) is 0 Å². The predicted octanol–water partition coefficient (Wildman–Crippen LogP) is 2.94. The Morgan fingerprint density at radius 1 is 1.26 bits per heavy atom. The molecule has 2 rings (SSSR count). The van der Waals surface area contributed by atoms with Crippen molar-refractivity contribution in [3.63, 3.8) is 0 Å². The molecule has 0 radical (unpaired) electrons. The third-order valence-electron chi connectivity index (χ3n) is 3.26. The summed E-state index contributed by atoms with van der Waals surface area (Å²) in [6, 6.07) is 7.72. The Bertz CT molecular complexity index is 607. The molecule has 100 valence electrons. The number of para-hydroxylation sites is 1. The standard InChI is InChI=1S/C15H19N3O/c1-9(2)10(3)19-14-11-6-4-5-7-13(11)18-8-12(14)15(16)17/h4-10H,1-3H3,(H3,16,17). The molecular formula is C15H19N3O. The molecule has 0 fully saturated rings. The summed E-state index contributed by atoms with van der Waals surface area (Å²) < 4.78 is 6.02. The molecule has 1 atom stereocenters. The number of pyridine rings is 1. The lowest BCUT2D eigenvalue weighted by atomic mass is 10.1. The highest BCUT2D eigenvalue weighted by molar-refractivity contribution is 6.02. The van der Waals surface area contributed by atoms with Gasteiger partial charge < -0.3 is 10.5 Å². The largest absolute Gasteiger partial charge is 0.489 e. The number of ether oxygens (including phenoxy) is 1. The highest BCUT2D eigenvalue weighted by Crippen LogP contribution is 2.29. The molecule has 19 heavy (non-hydrogen) atoms. The van der Waals surface area contributed by atoms with E-state index in [2.05, 4.69) is 18.8 Å². The van der Waals surface area contributed by atoms with Crippen LogP contribution in [0.1, 0.15) is 26.3 Å². The summed E-state index contributed by atoms with van der Waals surface area (Å²) in [6.45, 7) is 6.22. The van der Waals surface area contributed by atoms with Gasteiger partial charge in [0.15, 0.2) is 0 Å². The number of nitrogens with one attached hydrogen (secondary N) is 1. The predicted molar refractivity (Wildman–Crippen MR) is 77.7 cm³/mol. The Hall–Kier alpha value is -2.10. The number of benzene rings is 1. The monoisotopic (exact) mass is 257 g/mol. The highest BCUT2D eigenvalue weighted by atomic mass is 16.5. The lowest BCUT2D eigenvalue weighted by molar-refractivity contribution is 0.172. The van der Waals surface area contributed by atoms with Crippen molar-refractivity contribution in [3.05, 3.63) is 36.0 Å². The third-order valence-corrected chi connectivity index (χ3v) is 3.26. The summed E-state index contributed by atoms with van der Waals surface area (Å²) in [7, 11) is 0. The maximum atomic E-state index is 7.66. The number of hydrogen-bond donors (Lipinski definition) is 2. The Labute approximate surface area is 113 Å². The van der Waals surface area contributed by atoms with Crippen molar-refractivity contribution in [2.45, 2.75) is 26.9 Å². The Balaban J connectivity index is 2.59. The molecule has 4 heteroatoms. The molecule has 0 spiro atoms. The molecule has 0 saturated heterocycles. The van der Waals surface area contributed by atoms with E-state index in [0.717, 1.165) is 10.9 Å². The lowest BCUT2D eigenvalue weighted by Crippen LogP contribution is -2.22. The number of fused-ring (bicyclic) bond motifs is 1. The second-order valence-electron chi connectivity index (χ2n) is 5.00. The highest BCUT2D eigenvalue weighted by Gasteiger charge is 2.16. The van der Waals surface area contributed by atoms with Crippen LogP contribution in [0.4, 0.5) is 0 Å². The molecule has 0 bridgehead atoms. The molecule has 0 aliphatic heterocycles. The second-order valence-corrected chi connectivity index (χ2v) is 5.00. The van der Waals surface area contributed by atoms with Crippen LogP contribution in [-0.4, -0.2) is 16.9 Å². The minimum absolute atomic E-state index is 0.0239. The first-order chi connectivity index (χ1) is 9.00. The fourth-order valence-corrected chi connectivity index (χ4v) is 1.76. The van der Waals surface area contributed by atoms with Crippen LogP contribution in [0.5, 0.6) is 5.75 Å². The van der Waals surface area contributed by atoms with Crippen LogP contribution in [0.15, 0.2) is 30.5 Å². The summed E-state index contributed by atoms with van der Waals surface area (Å²) >= 11 is 0. The van der Waals surface area contributed by atoms with E-state index >= 15 is 0 Å². The number of amidine groups is 1. The molecule has 1 unspecified atom stereocenters. The maximum absolute atomic E-state index is 7.66. The molecular weight excluding hydrogens is 238 g/mol. The first kappa shape index (κ1) is 13.3. The van der Waals surface area contributed by atoms with Gasteiger partial charge in [-0.25, -0.2) is 0 Å². The van der Waals surface area contributed by atoms with E-state index in [9.17, 15) is 0 Å². The van der Waals surface area contributed by atoms with Crippen molar-refractivity contribution in [1.82, 2.24) is 4.98 Å². The summed E-state index contributed by atoms with van der Waals surface area (Å²) in [5.74, 6) is 1.01.